The van der Waals surface area contributed by atoms with Crippen LogP contribution in [0.5, 0.6) is 0 Å². The lowest BCUT2D eigenvalue weighted by molar-refractivity contribution is -0.142. The summed E-state index contributed by atoms with van der Waals surface area (Å²) < 4.78 is 9.96. The molecule has 0 spiro atoms. The molecule has 0 aromatic carbocycles. The molecule has 5 heteroatoms. The molecular formula is C15H29NO4. The van der Waals surface area contributed by atoms with Gasteiger partial charge in [0.1, 0.15) is 0 Å². The molecule has 20 heavy (non-hydrogen) atoms. The van der Waals surface area contributed by atoms with Gasteiger partial charge in [0.2, 0.25) is 0 Å². The molecule has 1 amide bonds. The summed E-state index contributed by atoms with van der Waals surface area (Å²) in [6.07, 6.45) is 0.785. The first-order chi connectivity index (χ1) is 9.46. The average Bonchev–Trinajstić information content (AvgIpc) is 2.36. The first-order valence-corrected chi connectivity index (χ1v) is 7.58. The fourth-order valence-corrected chi connectivity index (χ4v) is 1.97. The predicted molar refractivity (Wildman–Crippen MR) is 78.5 cm³/mol. The third-order valence-corrected chi connectivity index (χ3v) is 2.76. The van der Waals surface area contributed by atoms with Crippen LogP contribution in [0.4, 0.5) is 4.79 Å². The Morgan fingerprint density at radius 3 is 2.00 bits per heavy atom. The van der Waals surface area contributed by atoms with Crippen LogP contribution < -0.4 is 0 Å². The summed E-state index contributed by atoms with van der Waals surface area (Å²) in [6, 6.07) is 0. The van der Waals surface area contributed by atoms with E-state index in [2.05, 4.69) is 0 Å². The van der Waals surface area contributed by atoms with Gasteiger partial charge < -0.3 is 14.4 Å². The number of ether oxygens (including phenoxy) is 2. The molecule has 0 rings (SSSR count). The van der Waals surface area contributed by atoms with Crippen molar-refractivity contribution in [2.24, 2.45) is 5.92 Å². The van der Waals surface area contributed by atoms with Crippen LogP contribution in [-0.2, 0) is 14.3 Å². The largest absolute Gasteiger partial charge is 0.509 e. The van der Waals surface area contributed by atoms with Crippen molar-refractivity contribution in [2.45, 2.75) is 60.0 Å². The van der Waals surface area contributed by atoms with Gasteiger partial charge >= 0.3 is 6.16 Å². The SMILES string of the molecule is CCCN(CCC)C(=O)C(CC(C)C)OC(=O)OCC. The minimum Gasteiger partial charge on any atom is -0.435 e. The van der Waals surface area contributed by atoms with Gasteiger partial charge in [-0.2, -0.15) is 0 Å². The molecule has 0 fully saturated rings. The second-order valence-corrected chi connectivity index (χ2v) is 5.24. The van der Waals surface area contributed by atoms with E-state index in [-0.39, 0.29) is 18.4 Å². The minimum absolute atomic E-state index is 0.115. The average molecular weight is 287 g/mol. The van der Waals surface area contributed by atoms with E-state index >= 15 is 0 Å². The van der Waals surface area contributed by atoms with Crippen molar-refractivity contribution < 1.29 is 19.1 Å². The van der Waals surface area contributed by atoms with Crippen LogP contribution >= 0.6 is 0 Å². The number of carbonyl (C=O) groups excluding carboxylic acids is 2. The number of rotatable bonds is 9. The van der Waals surface area contributed by atoms with Gasteiger partial charge in [-0.1, -0.05) is 27.7 Å². The lowest BCUT2D eigenvalue weighted by atomic mass is 10.0. The Balaban J connectivity index is 4.79. The third kappa shape index (κ3) is 7.36. The summed E-state index contributed by atoms with van der Waals surface area (Å²) in [4.78, 5) is 25.7. The van der Waals surface area contributed by atoms with Crippen LogP contribution in [0, 0.1) is 5.92 Å². The Labute approximate surface area is 122 Å². The molecule has 1 unspecified atom stereocenters. The highest BCUT2D eigenvalue weighted by Gasteiger charge is 2.28. The van der Waals surface area contributed by atoms with Crippen molar-refractivity contribution >= 4 is 12.1 Å². The lowest BCUT2D eigenvalue weighted by Gasteiger charge is -2.27. The van der Waals surface area contributed by atoms with Gasteiger partial charge in [0.05, 0.1) is 6.61 Å². The summed E-state index contributed by atoms with van der Waals surface area (Å²) >= 11 is 0. The van der Waals surface area contributed by atoms with E-state index in [0.29, 0.717) is 19.5 Å². The molecule has 0 N–H and O–H groups in total. The summed E-state index contributed by atoms with van der Waals surface area (Å²) in [7, 11) is 0. The first kappa shape index (κ1) is 18.7. The molecule has 5 nitrogen and oxygen atoms in total. The van der Waals surface area contributed by atoms with Gasteiger partial charge in [0, 0.05) is 13.1 Å². The maximum absolute atomic E-state index is 12.5. The highest BCUT2D eigenvalue weighted by Crippen LogP contribution is 2.13. The molecule has 0 bridgehead atoms. The number of amides is 1. The monoisotopic (exact) mass is 287 g/mol. The molecule has 0 heterocycles. The predicted octanol–water partition coefficient (Wildman–Crippen LogP) is 3.22. The van der Waals surface area contributed by atoms with Gasteiger partial charge in [-0.05, 0) is 32.1 Å². The van der Waals surface area contributed by atoms with Crippen molar-refractivity contribution in [3.8, 4) is 0 Å². The van der Waals surface area contributed by atoms with E-state index < -0.39 is 12.3 Å². The van der Waals surface area contributed by atoms with Gasteiger partial charge in [0.25, 0.3) is 5.91 Å². The zero-order valence-electron chi connectivity index (χ0n) is 13.5. The Morgan fingerprint density at radius 1 is 1.05 bits per heavy atom. The number of hydrogen-bond acceptors (Lipinski definition) is 4. The number of nitrogens with zero attached hydrogens (tertiary/aromatic N) is 1. The normalized spacial score (nSPS) is 12.1. The van der Waals surface area contributed by atoms with E-state index in [4.69, 9.17) is 9.47 Å². The maximum atomic E-state index is 12.5. The van der Waals surface area contributed by atoms with Gasteiger partial charge in [-0.15, -0.1) is 0 Å². The Bertz CT molecular complexity index is 286. The Morgan fingerprint density at radius 2 is 1.60 bits per heavy atom. The molecular weight excluding hydrogens is 258 g/mol. The summed E-state index contributed by atoms with van der Waals surface area (Å²) in [6.45, 7) is 11.4. The standard InChI is InChI=1S/C15H29NO4/c1-6-9-16(10-7-2)14(17)13(11-12(4)5)20-15(18)19-8-3/h12-13H,6-11H2,1-5H3. The number of carbonyl (C=O) groups is 2. The van der Waals surface area contributed by atoms with E-state index in [1.54, 1.807) is 11.8 Å². The topological polar surface area (TPSA) is 55.8 Å². The Hall–Kier alpha value is -1.26. The smallest absolute Gasteiger partial charge is 0.435 e. The second kappa shape index (κ2) is 10.5. The zero-order chi connectivity index (χ0) is 15.5. The van der Waals surface area contributed by atoms with Crippen LogP contribution in [-0.4, -0.2) is 42.8 Å². The molecule has 1 atom stereocenters. The fraction of sp³-hybridized carbons (Fsp3) is 0.867. The second-order valence-electron chi connectivity index (χ2n) is 5.24. The third-order valence-electron chi connectivity index (χ3n) is 2.76. The zero-order valence-corrected chi connectivity index (χ0v) is 13.5. The van der Waals surface area contributed by atoms with Crippen molar-refractivity contribution in [1.82, 2.24) is 4.90 Å². The molecule has 0 aromatic heterocycles. The summed E-state index contributed by atoms with van der Waals surface area (Å²) in [5, 5.41) is 0. The van der Waals surface area contributed by atoms with Gasteiger partial charge in [-0.3, -0.25) is 4.79 Å². The molecule has 0 aliphatic carbocycles. The lowest BCUT2D eigenvalue weighted by Crippen LogP contribution is -2.43. The summed E-state index contributed by atoms with van der Waals surface area (Å²) in [5.41, 5.74) is 0. The number of hydrogen-bond donors (Lipinski definition) is 0. The van der Waals surface area contributed by atoms with Crippen LogP contribution in [0.3, 0.4) is 0 Å². The highest BCUT2D eigenvalue weighted by atomic mass is 16.7. The fourth-order valence-electron chi connectivity index (χ4n) is 1.97. The molecule has 0 saturated carbocycles. The molecule has 118 valence electrons. The van der Waals surface area contributed by atoms with Gasteiger partial charge in [-0.25, -0.2) is 4.79 Å². The highest BCUT2D eigenvalue weighted by molar-refractivity contribution is 5.82. The van der Waals surface area contributed by atoms with Crippen LogP contribution in [0.15, 0.2) is 0 Å². The van der Waals surface area contributed by atoms with Crippen LogP contribution in [0.2, 0.25) is 0 Å². The van der Waals surface area contributed by atoms with Crippen LogP contribution in [0.25, 0.3) is 0 Å². The molecule has 0 aliphatic rings. The molecule has 0 saturated heterocycles. The van der Waals surface area contributed by atoms with E-state index in [1.807, 2.05) is 27.7 Å². The van der Waals surface area contributed by atoms with Gasteiger partial charge in [0.15, 0.2) is 6.10 Å². The molecule has 0 aliphatic heterocycles. The quantitative estimate of drug-likeness (QED) is 0.611. The first-order valence-electron chi connectivity index (χ1n) is 7.58. The van der Waals surface area contributed by atoms with Crippen molar-refractivity contribution in [1.29, 1.82) is 0 Å². The van der Waals surface area contributed by atoms with E-state index in [0.717, 1.165) is 12.8 Å². The molecule has 0 radical (unpaired) electrons. The summed E-state index contributed by atoms with van der Waals surface area (Å²) in [5.74, 6) is 0.152. The van der Waals surface area contributed by atoms with Crippen LogP contribution in [0.1, 0.15) is 53.9 Å². The Kier molecular flexibility index (Phi) is 9.86. The minimum atomic E-state index is -0.764. The van der Waals surface area contributed by atoms with E-state index in [9.17, 15) is 9.59 Å². The van der Waals surface area contributed by atoms with E-state index in [1.165, 1.54) is 0 Å². The molecule has 0 aromatic rings. The van der Waals surface area contributed by atoms with Crippen molar-refractivity contribution in [3.05, 3.63) is 0 Å². The van der Waals surface area contributed by atoms with Crippen molar-refractivity contribution in [3.63, 3.8) is 0 Å². The maximum Gasteiger partial charge on any atom is 0.509 e. The van der Waals surface area contributed by atoms with Crippen molar-refractivity contribution in [2.75, 3.05) is 19.7 Å².